The average molecular weight is 444 g/mol. The molecular weight excluding hydrogens is 414 g/mol. The molecule has 0 atom stereocenters. The highest BCUT2D eigenvalue weighted by molar-refractivity contribution is 5.94. The van der Waals surface area contributed by atoms with Crippen LogP contribution in [0.5, 0.6) is 0 Å². The molecule has 1 N–H and O–H groups in total. The Kier molecular flexibility index (Phi) is 7.32. The van der Waals surface area contributed by atoms with E-state index in [1.165, 1.54) is 5.56 Å². The van der Waals surface area contributed by atoms with E-state index >= 15 is 0 Å². The molecule has 3 aromatic rings. The number of hydrogen-bond donors (Lipinski definition) is 1. The molecule has 1 aliphatic rings. The van der Waals surface area contributed by atoms with Gasteiger partial charge in [0.2, 0.25) is 5.91 Å². The van der Waals surface area contributed by atoms with Gasteiger partial charge in [0.1, 0.15) is 0 Å². The molecule has 33 heavy (non-hydrogen) atoms. The van der Waals surface area contributed by atoms with Crippen molar-refractivity contribution in [3.8, 4) is 0 Å². The van der Waals surface area contributed by atoms with Gasteiger partial charge in [0.05, 0.1) is 6.42 Å². The van der Waals surface area contributed by atoms with Crippen molar-refractivity contribution in [3.05, 3.63) is 90.3 Å². The number of nitrogens with zero attached hydrogens (tertiary/aromatic N) is 4. The number of anilines is 2. The zero-order valence-electron chi connectivity index (χ0n) is 18.9. The van der Waals surface area contributed by atoms with Crippen LogP contribution in [0.2, 0.25) is 0 Å². The van der Waals surface area contributed by atoms with E-state index < -0.39 is 0 Å². The predicted octanol–water partition coefficient (Wildman–Crippen LogP) is 3.64. The summed E-state index contributed by atoms with van der Waals surface area (Å²) in [7, 11) is 1.78. The van der Waals surface area contributed by atoms with Gasteiger partial charge in [-0.2, -0.15) is 0 Å². The number of piperazine rings is 1. The van der Waals surface area contributed by atoms with Crippen LogP contribution >= 0.6 is 0 Å². The Hall–Kier alpha value is -3.71. The topological polar surface area (TPSA) is 68.8 Å². The van der Waals surface area contributed by atoms with Crippen LogP contribution in [0.3, 0.4) is 0 Å². The van der Waals surface area contributed by atoms with E-state index in [4.69, 9.17) is 0 Å². The van der Waals surface area contributed by atoms with Gasteiger partial charge in [0, 0.05) is 63.5 Å². The second kappa shape index (κ2) is 10.7. The Labute approximate surface area is 194 Å². The first-order valence-electron chi connectivity index (χ1n) is 11.2. The number of carbonyl (C=O) groups is 2. The summed E-state index contributed by atoms with van der Waals surface area (Å²) in [6.45, 7) is 3.93. The van der Waals surface area contributed by atoms with Gasteiger partial charge in [-0.1, -0.05) is 30.3 Å². The number of carbonyl (C=O) groups excluding carboxylic acids is 2. The number of nitrogens with one attached hydrogen (secondary N) is 1. The zero-order chi connectivity index (χ0) is 23.0. The van der Waals surface area contributed by atoms with Crippen molar-refractivity contribution < 1.29 is 9.59 Å². The third-order valence-corrected chi connectivity index (χ3v) is 5.89. The fraction of sp³-hybridized carbons (Fsp3) is 0.269. The fourth-order valence-electron chi connectivity index (χ4n) is 3.85. The quantitative estimate of drug-likeness (QED) is 0.632. The van der Waals surface area contributed by atoms with Crippen LogP contribution in [0.1, 0.15) is 11.1 Å². The van der Waals surface area contributed by atoms with Gasteiger partial charge in [-0.25, -0.2) is 4.79 Å². The Morgan fingerprint density at radius 1 is 0.879 bits per heavy atom. The summed E-state index contributed by atoms with van der Waals surface area (Å²) in [5, 5.41) is 2.97. The van der Waals surface area contributed by atoms with Crippen molar-refractivity contribution in [3.63, 3.8) is 0 Å². The maximum absolute atomic E-state index is 12.7. The normalized spacial score (nSPS) is 14.0. The first-order valence-corrected chi connectivity index (χ1v) is 11.2. The first kappa shape index (κ1) is 22.5. The van der Waals surface area contributed by atoms with Crippen molar-refractivity contribution in [2.45, 2.75) is 13.0 Å². The molecule has 170 valence electrons. The van der Waals surface area contributed by atoms with Crippen LogP contribution in [0.15, 0.2) is 79.1 Å². The molecule has 4 rings (SSSR count). The summed E-state index contributed by atoms with van der Waals surface area (Å²) in [6, 6.07) is 21.0. The van der Waals surface area contributed by atoms with Crippen molar-refractivity contribution in [1.29, 1.82) is 0 Å². The highest BCUT2D eigenvalue weighted by atomic mass is 16.2. The van der Waals surface area contributed by atoms with Crippen molar-refractivity contribution >= 4 is 23.3 Å². The maximum Gasteiger partial charge on any atom is 0.321 e. The largest absolute Gasteiger partial charge is 0.322 e. The van der Waals surface area contributed by atoms with E-state index in [-0.39, 0.29) is 11.9 Å². The Balaban J connectivity index is 1.24. The molecule has 1 saturated heterocycles. The van der Waals surface area contributed by atoms with E-state index in [0.717, 1.165) is 36.6 Å². The minimum atomic E-state index is -0.0915. The van der Waals surface area contributed by atoms with Gasteiger partial charge in [0.25, 0.3) is 0 Å². The lowest BCUT2D eigenvalue weighted by molar-refractivity contribution is -0.117. The minimum absolute atomic E-state index is 0.0163. The summed E-state index contributed by atoms with van der Waals surface area (Å²) in [5.74, 6) is 0.0163. The number of rotatable bonds is 6. The summed E-state index contributed by atoms with van der Waals surface area (Å²) in [6.07, 6.45) is 3.92. The Morgan fingerprint density at radius 3 is 2.21 bits per heavy atom. The van der Waals surface area contributed by atoms with Crippen LogP contribution < -0.4 is 10.2 Å². The van der Waals surface area contributed by atoms with Crippen molar-refractivity contribution in [2.75, 3.05) is 43.4 Å². The minimum Gasteiger partial charge on any atom is -0.322 e. The molecule has 0 bridgehead atoms. The van der Waals surface area contributed by atoms with E-state index in [1.54, 1.807) is 11.9 Å². The molecule has 1 aromatic heterocycles. The van der Waals surface area contributed by atoms with E-state index in [1.807, 2.05) is 84.0 Å². The lowest BCUT2D eigenvalue weighted by Gasteiger charge is -2.34. The van der Waals surface area contributed by atoms with Crippen LogP contribution in [-0.2, 0) is 17.8 Å². The average Bonchev–Trinajstić information content (AvgIpc) is 2.86. The number of likely N-dealkylation sites (N-methyl/N-ethyl adjacent to an activating group) is 1. The maximum atomic E-state index is 12.7. The van der Waals surface area contributed by atoms with Gasteiger partial charge in [-0.3, -0.25) is 14.7 Å². The summed E-state index contributed by atoms with van der Waals surface area (Å²) < 4.78 is 0. The van der Waals surface area contributed by atoms with Crippen molar-refractivity contribution in [2.24, 2.45) is 0 Å². The number of benzene rings is 2. The molecular formula is C26H29N5O2. The lowest BCUT2D eigenvalue weighted by atomic mass is 10.1. The first-order chi connectivity index (χ1) is 16.1. The molecule has 0 aliphatic carbocycles. The van der Waals surface area contributed by atoms with Gasteiger partial charge in [0.15, 0.2) is 0 Å². The molecule has 2 heterocycles. The summed E-state index contributed by atoms with van der Waals surface area (Å²) >= 11 is 0. The van der Waals surface area contributed by atoms with Gasteiger partial charge in [-0.15, -0.1) is 0 Å². The van der Waals surface area contributed by atoms with Crippen molar-refractivity contribution in [1.82, 2.24) is 14.8 Å². The SMILES string of the molecule is CN(C(=O)Cc1ccc(NC(=O)N2CCN(Cc3ccncc3)CC2)cc1)c1ccccc1. The number of pyridine rings is 1. The standard InChI is InChI=1S/C26H29N5O2/c1-29(24-5-3-2-4-6-24)25(32)19-21-7-9-23(10-8-21)28-26(33)31-17-15-30(16-18-31)20-22-11-13-27-14-12-22/h2-14H,15-20H2,1H3,(H,28,33). The molecule has 2 aromatic carbocycles. The molecule has 7 nitrogen and oxygen atoms in total. The van der Waals surface area contributed by atoms with Gasteiger partial charge >= 0.3 is 6.03 Å². The van der Waals surface area contributed by atoms with Crippen LogP contribution in [0, 0.1) is 0 Å². The molecule has 1 fully saturated rings. The number of hydrogen-bond acceptors (Lipinski definition) is 4. The second-order valence-corrected chi connectivity index (χ2v) is 8.21. The summed E-state index contributed by atoms with van der Waals surface area (Å²) in [5.41, 5.74) is 3.74. The van der Waals surface area contributed by atoms with Crippen LogP contribution in [0.4, 0.5) is 16.2 Å². The number of urea groups is 1. The molecule has 0 radical (unpaired) electrons. The zero-order valence-corrected chi connectivity index (χ0v) is 18.9. The summed E-state index contributed by atoms with van der Waals surface area (Å²) in [4.78, 5) is 35.1. The fourth-order valence-corrected chi connectivity index (χ4v) is 3.85. The molecule has 1 aliphatic heterocycles. The highest BCUT2D eigenvalue weighted by Gasteiger charge is 2.21. The molecule has 7 heteroatoms. The van der Waals surface area contributed by atoms with Crippen LogP contribution in [-0.4, -0.2) is 59.9 Å². The molecule has 0 saturated carbocycles. The second-order valence-electron chi connectivity index (χ2n) is 8.21. The Bertz CT molecular complexity index is 1050. The molecule has 0 unspecified atom stereocenters. The van der Waals surface area contributed by atoms with E-state index in [2.05, 4.69) is 15.2 Å². The highest BCUT2D eigenvalue weighted by Crippen LogP contribution is 2.16. The number of aromatic nitrogens is 1. The predicted molar refractivity (Wildman–Crippen MR) is 130 cm³/mol. The molecule has 0 spiro atoms. The van der Waals surface area contributed by atoms with E-state index in [0.29, 0.717) is 19.5 Å². The van der Waals surface area contributed by atoms with Crippen LogP contribution in [0.25, 0.3) is 0 Å². The number of para-hydroxylation sites is 1. The Morgan fingerprint density at radius 2 is 1.55 bits per heavy atom. The smallest absolute Gasteiger partial charge is 0.321 e. The van der Waals surface area contributed by atoms with Gasteiger partial charge in [-0.05, 0) is 47.5 Å². The number of amides is 3. The monoisotopic (exact) mass is 443 g/mol. The third kappa shape index (κ3) is 6.17. The van der Waals surface area contributed by atoms with E-state index in [9.17, 15) is 9.59 Å². The third-order valence-electron chi connectivity index (χ3n) is 5.89. The van der Waals surface area contributed by atoms with Gasteiger partial charge < -0.3 is 15.1 Å². The lowest BCUT2D eigenvalue weighted by Crippen LogP contribution is -2.49. The molecule has 3 amide bonds.